The molecule has 55 heavy (non-hydrogen) atoms. The Labute approximate surface area is 328 Å². The molecule has 0 heterocycles. The van der Waals surface area contributed by atoms with Crippen molar-refractivity contribution in [3.05, 3.63) is 31.3 Å². The fourth-order valence-electron chi connectivity index (χ4n) is 11.3. The Morgan fingerprint density at radius 1 is 0.764 bits per heavy atom. The van der Waals surface area contributed by atoms with Crippen LogP contribution in [0.1, 0.15) is 111 Å². The van der Waals surface area contributed by atoms with Gasteiger partial charge in [0.2, 0.25) is 0 Å². The van der Waals surface area contributed by atoms with E-state index in [1.165, 1.54) is 6.42 Å². The van der Waals surface area contributed by atoms with Gasteiger partial charge in [0.1, 0.15) is 0 Å². The summed E-state index contributed by atoms with van der Waals surface area (Å²) in [7, 11) is -3.39. The minimum Gasteiger partial charge on any atom is -0.378 e. The van der Waals surface area contributed by atoms with Crippen molar-refractivity contribution in [1.82, 2.24) is 5.32 Å². The summed E-state index contributed by atoms with van der Waals surface area (Å²) in [6, 6.07) is 0. The Balaban J connectivity index is 1.49. The van der Waals surface area contributed by atoms with Gasteiger partial charge in [0.05, 0.1) is 31.2 Å². The molecule has 0 spiro atoms. The Kier molecular flexibility index (Phi) is 18.6. The highest BCUT2D eigenvalue weighted by Crippen LogP contribution is 2.69. The van der Waals surface area contributed by atoms with E-state index in [0.29, 0.717) is 94.2 Å². The normalized spacial score (nSPS) is 33.2. The van der Waals surface area contributed by atoms with Gasteiger partial charge in [-0.3, -0.25) is 4.18 Å². The van der Waals surface area contributed by atoms with Crippen molar-refractivity contribution in [1.29, 1.82) is 0 Å². The molecule has 0 aromatic carbocycles. The predicted molar refractivity (Wildman–Crippen MR) is 212 cm³/mol. The number of nitrogens with one attached hydrogen (secondary N) is 1. The average Bonchev–Trinajstić information content (AvgIpc) is 3.51. The van der Waals surface area contributed by atoms with Gasteiger partial charge in [0, 0.05) is 59.6 Å². The second-order valence-electron chi connectivity index (χ2n) is 17.1. The lowest BCUT2D eigenvalue weighted by molar-refractivity contribution is -0.227. The molecular weight excluding hydrogens is 725 g/mol. The highest BCUT2D eigenvalue weighted by Gasteiger charge is 2.66. The molecular formula is C38H68N10O6S. The van der Waals surface area contributed by atoms with E-state index in [9.17, 15) is 8.42 Å². The highest BCUT2D eigenvalue weighted by molar-refractivity contribution is 7.85. The van der Waals surface area contributed by atoms with Crippen LogP contribution in [-0.2, 0) is 28.5 Å². The van der Waals surface area contributed by atoms with Crippen molar-refractivity contribution in [2.24, 2.45) is 61.7 Å². The summed E-state index contributed by atoms with van der Waals surface area (Å²) in [6.07, 6.45) is 14.9. The van der Waals surface area contributed by atoms with Crippen LogP contribution in [0, 0.1) is 46.3 Å². The quantitative estimate of drug-likeness (QED) is 0.0293. The van der Waals surface area contributed by atoms with Crippen LogP contribution in [0.5, 0.6) is 0 Å². The molecule has 0 saturated heterocycles. The molecule has 11 atom stereocenters. The summed E-state index contributed by atoms with van der Waals surface area (Å²) in [4.78, 5) is 8.77. The van der Waals surface area contributed by atoms with E-state index >= 15 is 0 Å². The van der Waals surface area contributed by atoms with Crippen LogP contribution in [0.15, 0.2) is 15.3 Å². The van der Waals surface area contributed by atoms with Crippen molar-refractivity contribution in [3.63, 3.8) is 0 Å². The summed E-state index contributed by atoms with van der Waals surface area (Å²) in [5.74, 6) is 2.81. The smallest absolute Gasteiger partial charge is 0.264 e. The topological polar surface area (TPSA) is 229 Å². The maximum absolute atomic E-state index is 11.2. The monoisotopic (exact) mass is 793 g/mol. The number of nitrogens with zero attached hydrogens (tertiary/aromatic N) is 9. The summed E-state index contributed by atoms with van der Waals surface area (Å²) >= 11 is 0. The van der Waals surface area contributed by atoms with Crippen LogP contribution in [0.3, 0.4) is 0 Å². The van der Waals surface area contributed by atoms with Gasteiger partial charge in [-0.2, -0.15) is 8.42 Å². The van der Waals surface area contributed by atoms with Gasteiger partial charge in [0.25, 0.3) is 10.1 Å². The molecule has 4 fully saturated rings. The number of ether oxygens (including phenoxy) is 3. The molecule has 0 amide bonds. The van der Waals surface area contributed by atoms with Crippen molar-refractivity contribution in [2.75, 3.05) is 65.4 Å². The number of hydrogen-bond acceptors (Lipinski definition) is 10. The number of fused-ring (bicyclic) bond motifs is 5. The van der Waals surface area contributed by atoms with Crippen molar-refractivity contribution in [3.8, 4) is 0 Å². The molecule has 4 aliphatic carbocycles. The van der Waals surface area contributed by atoms with Crippen molar-refractivity contribution < 1.29 is 26.8 Å². The maximum atomic E-state index is 11.2. The maximum Gasteiger partial charge on any atom is 0.264 e. The van der Waals surface area contributed by atoms with Crippen LogP contribution < -0.4 is 5.32 Å². The summed E-state index contributed by atoms with van der Waals surface area (Å²) in [5, 5.41) is 14.8. The van der Waals surface area contributed by atoms with E-state index in [0.717, 1.165) is 83.6 Å². The molecule has 1 N–H and O–H groups in total. The first-order valence-corrected chi connectivity index (χ1v) is 22.7. The minimum absolute atomic E-state index is 0.0196. The van der Waals surface area contributed by atoms with E-state index in [2.05, 4.69) is 56.2 Å². The molecule has 16 nitrogen and oxygen atoms in total. The van der Waals surface area contributed by atoms with E-state index in [4.69, 9.17) is 35.0 Å². The average molecular weight is 793 g/mol. The Bertz CT molecular complexity index is 1440. The molecule has 4 rings (SSSR count). The lowest BCUT2D eigenvalue weighted by Crippen LogP contribution is -2.63. The van der Waals surface area contributed by atoms with Crippen LogP contribution in [-0.4, -0.2) is 92.1 Å². The molecule has 0 aromatic rings. The van der Waals surface area contributed by atoms with E-state index in [-0.39, 0.29) is 35.7 Å². The lowest BCUT2D eigenvalue weighted by Gasteiger charge is -2.65. The first kappa shape index (κ1) is 45.4. The van der Waals surface area contributed by atoms with E-state index in [1.54, 1.807) is 0 Å². The molecule has 0 aromatic heterocycles. The van der Waals surface area contributed by atoms with Gasteiger partial charge >= 0.3 is 0 Å². The number of hydrogen-bond donors (Lipinski definition) is 1. The third kappa shape index (κ3) is 12.6. The second kappa shape index (κ2) is 22.6. The summed E-state index contributed by atoms with van der Waals surface area (Å²) in [5.41, 5.74) is 26.5. The Hall–Kier alpha value is -2.32. The van der Waals surface area contributed by atoms with Gasteiger partial charge in [0.15, 0.2) is 0 Å². The lowest BCUT2D eigenvalue weighted by atomic mass is 9.43. The third-order valence-electron chi connectivity index (χ3n) is 13.9. The fourth-order valence-corrected chi connectivity index (χ4v) is 11.7. The third-order valence-corrected chi connectivity index (χ3v) is 14.5. The molecule has 312 valence electrons. The highest BCUT2D eigenvalue weighted by atomic mass is 32.2. The molecule has 0 aliphatic heterocycles. The van der Waals surface area contributed by atoms with Gasteiger partial charge in [-0.1, -0.05) is 36.1 Å². The molecule has 4 saturated carbocycles. The van der Waals surface area contributed by atoms with Gasteiger partial charge in [-0.05, 0) is 160 Å². The zero-order chi connectivity index (χ0) is 39.7. The number of unbranched alkanes of at least 4 members (excludes halogenated alkanes) is 1. The molecule has 0 bridgehead atoms. The number of azide groups is 3. The standard InChI is InChI=1S/C38H68N10O6S/c1-28(11-7-17-42-16-5-6-24-54-55(4,49)50)31-12-13-32-36-33(27-35(38(31,32)3)53-23-10-20-45-48-41)37(2)15-14-30(51-21-8-18-43-46-39)25-29(37)26-34(36)52-22-9-19-44-47-40/h28-36,42H,5-27H2,1-4H3/t28-,29?,30-,31?,32+,33?,34-,35+,36?,37?,38?/m1/s1. The van der Waals surface area contributed by atoms with Gasteiger partial charge in [-0.15, -0.1) is 0 Å². The van der Waals surface area contributed by atoms with Gasteiger partial charge in [-0.25, -0.2) is 0 Å². The molecule has 4 aliphatic rings. The largest absolute Gasteiger partial charge is 0.378 e. The Morgan fingerprint density at radius 3 is 2.05 bits per heavy atom. The first-order valence-electron chi connectivity index (χ1n) is 20.9. The summed E-state index contributed by atoms with van der Waals surface area (Å²) in [6.45, 7) is 12.6. The predicted octanol–water partition coefficient (Wildman–Crippen LogP) is 8.88. The fraction of sp³-hybridized carbons (Fsp3) is 1.00. The van der Waals surface area contributed by atoms with Crippen LogP contribution in [0.25, 0.3) is 31.3 Å². The van der Waals surface area contributed by atoms with Crippen molar-refractivity contribution in [2.45, 2.75) is 129 Å². The number of rotatable bonds is 26. The van der Waals surface area contributed by atoms with Gasteiger partial charge < -0.3 is 19.5 Å². The first-order chi connectivity index (χ1) is 26.5. The van der Waals surface area contributed by atoms with E-state index in [1.807, 2.05) is 0 Å². The molecule has 6 unspecified atom stereocenters. The SMILES string of the molecule is C[C@H](CCCNCCCCOS(C)(=O)=O)C1CC[C@H]2C3C(C[C@H](OCCCN=[N+]=[N-])C12C)C1(C)CC[C@@H](OCCCN=[N+]=[N-])CC1C[C@H]3OCCCN=[N+]=[N-]. The zero-order valence-electron chi connectivity index (χ0n) is 33.8. The van der Waals surface area contributed by atoms with Crippen molar-refractivity contribution >= 4 is 10.1 Å². The zero-order valence-corrected chi connectivity index (χ0v) is 34.7. The van der Waals surface area contributed by atoms with Crippen LogP contribution in [0.4, 0.5) is 0 Å². The van der Waals surface area contributed by atoms with E-state index < -0.39 is 10.1 Å². The second-order valence-corrected chi connectivity index (χ2v) is 18.7. The molecule has 0 radical (unpaired) electrons. The van der Waals surface area contributed by atoms with Crippen LogP contribution in [0.2, 0.25) is 0 Å². The Morgan fingerprint density at radius 2 is 1.40 bits per heavy atom. The molecule has 17 heteroatoms. The van der Waals surface area contributed by atoms with Crippen LogP contribution >= 0.6 is 0 Å². The summed E-state index contributed by atoms with van der Waals surface area (Å²) < 4.78 is 47.5. The minimum atomic E-state index is -3.39.